The molecule has 0 bridgehead atoms. The highest BCUT2D eigenvalue weighted by Gasteiger charge is 2.26. The van der Waals surface area contributed by atoms with E-state index < -0.39 is 0 Å². The minimum Gasteiger partial charge on any atom is -0.341 e. The number of amides is 1. The summed E-state index contributed by atoms with van der Waals surface area (Å²) in [6.07, 6.45) is 1.45. The van der Waals surface area contributed by atoms with Crippen LogP contribution in [0.15, 0.2) is 24.3 Å². The third-order valence-corrected chi connectivity index (χ3v) is 3.38. The van der Waals surface area contributed by atoms with Gasteiger partial charge in [0.25, 0.3) is 0 Å². The van der Waals surface area contributed by atoms with Crippen molar-refractivity contribution in [3.63, 3.8) is 0 Å². The van der Waals surface area contributed by atoms with Crippen molar-refractivity contribution in [3.8, 4) is 0 Å². The second-order valence-corrected chi connectivity index (χ2v) is 5.24. The summed E-state index contributed by atoms with van der Waals surface area (Å²) in [4.78, 5) is 13.4. The molecular weight excluding hydrogens is 242 g/mol. The summed E-state index contributed by atoms with van der Waals surface area (Å²) < 4.78 is 0. The number of benzene rings is 1. The van der Waals surface area contributed by atoms with Gasteiger partial charge in [-0.1, -0.05) is 23.7 Å². The van der Waals surface area contributed by atoms with Crippen molar-refractivity contribution in [1.29, 1.82) is 0 Å². The Kier molecular flexibility index (Phi) is 3.77. The van der Waals surface area contributed by atoms with Crippen LogP contribution in [0, 0.1) is 0 Å². The van der Waals surface area contributed by atoms with Gasteiger partial charge >= 0.3 is 0 Å². The Morgan fingerprint density at radius 1 is 1.38 bits per heavy atom. The zero-order valence-corrected chi connectivity index (χ0v) is 10.5. The predicted molar refractivity (Wildman–Crippen MR) is 69.1 cm³/mol. The molecule has 0 aliphatic carbocycles. The van der Waals surface area contributed by atoms with E-state index in [0.717, 1.165) is 24.5 Å². The van der Waals surface area contributed by atoms with Gasteiger partial charge in [0.1, 0.15) is 0 Å². The quantitative estimate of drug-likeness (QED) is 0.823. The van der Waals surface area contributed by atoms with Gasteiger partial charge in [-0.15, -0.1) is 0 Å². The number of nitrogens with zero attached hydrogens (tertiary/aromatic N) is 1. The van der Waals surface area contributed by atoms with Gasteiger partial charge in [-0.2, -0.15) is 12.6 Å². The molecule has 0 N–H and O–H groups in total. The molecule has 1 saturated heterocycles. The van der Waals surface area contributed by atoms with E-state index in [1.165, 1.54) is 5.56 Å². The average molecular weight is 256 g/mol. The van der Waals surface area contributed by atoms with Gasteiger partial charge in [-0.05, 0) is 24.1 Å². The van der Waals surface area contributed by atoms with Gasteiger partial charge in [0.2, 0.25) is 5.91 Å². The van der Waals surface area contributed by atoms with Crippen LogP contribution >= 0.6 is 24.2 Å². The maximum Gasteiger partial charge on any atom is 0.223 e. The van der Waals surface area contributed by atoms with Gasteiger partial charge in [-0.25, -0.2) is 0 Å². The summed E-state index contributed by atoms with van der Waals surface area (Å²) in [5, 5.41) is 0.953. The lowest BCUT2D eigenvalue weighted by molar-refractivity contribution is -0.127. The lowest BCUT2D eigenvalue weighted by Gasteiger charge is -2.15. The number of carbonyl (C=O) groups excluding carboxylic acids is 1. The van der Waals surface area contributed by atoms with Crippen LogP contribution in [0.3, 0.4) is 0 Å². The summed E-state index contributed by atoms with van der Waals surface area (Å²) in [6, 6.07) is 7.76. The van der Waals surface area contributed by atoms with E-state index in [9.17, 15) is 4.79 Å². The van der Waals surface area contributed by atoms with Crippen molar-refractivity contribution in [3.05, 3.63) is 34.9 Å². The third kappa shape index (κ3) is 2.92. The first-order chi connectivity index (χ1) is 7.65. The average Bonchev–Trinajstić information content (AvgIpc) is 2.57. The van der Waals surface area contributed by atoms with E-state index in [4.69, 9.17) is 11.6 Å². The SMILES string of the molecule is O=C1CC(S)CN1CCc1ccc(Cl)cc1. The molecule has 1 fully saturated rings. The standard InChI is InChI=1S/C12H14ClNOS/c13-10-3-1-9(2-4-10)5-6-14-8-11(16)7-12(14)15/h1-4,11,16H,5-8H2. The first-order valence-electron chi connectivity index (χ1n) is 5.35. The van der Waals surface area contributed by atoms with Gasteiger partial charge in [0.15, 0.2) is 0 Å². The van der Waals surface area contributed by atoms with E-state index in [1.54, 1.807) is 0 Å². The largest absolute Gasteiger partial charge is 0.341 e. The van der Waals surface area contributed by atoms with Crippen LogP contribution in [0.2, 0.25) is 5.02 Å². The van der Waals surface area contributed by atoms with E-state index in [1.807, 2.05) is 29.2 Å². The highest BCUT2D eigenvalue weighted by molar-refractivity contribution is 7.81. The Morgan fingerprint density at radius 3 is 2.62 bits per heavy atom. The fraction of sp³-hybridized carbons (Fsp3) is 0.417. The Hall–Kier alpha value is -0.670. The smallest absolute Gasteiger partial charge is 0.223 e. The molecule has 4 heteroatoms. The molecule has 1 aliphatic heterocycles. The van der Waals surface area contributed by atoms with Gasteiger partial charge in [0, 0.05) is 29.8 Å². The van der Waals surface area contributed by atoms with Crippen LogP contribution in [0.5, 0.6) is 0 Å². The van der Waals surface area contributed by atoms with E-state index in [0.29, 0.717) is 6.42 Å². The lowest BCUT2D eigenvalue weighted by Crippen LogP contribution is -2.27. The summed E-state index contributed by atoms with van der Waals surface area (Å²) in [6.45, 7) is 1.55. The number of rotatable bonds is 3. The first kappa shape index (κ1) is 11.8. The van der Waals surface area contributed by atoms with Crippen molar-refractivity contribution in [2.24, 2.45) is 0 Å². The first-order valence-corrected chi connectivity index (χ1v) is 6.25. The number of likely N-dealkylation sites (tertiary alicyclic amines) is 1. The van der Waals surface area contributed by atoms with E-state index in [2.05, 4.69) is 12.6 Å². The third-order valence-electron chi connectivity index (χ3n) is 2.78. The predicted octanol–water partition coefficient (Wildman–Crippen LogP) is 2.41. The molecule has 1 unspecified atom stereocenters. The van der Waals surface area contributed by atoms with Crippen LogP contribution in [-0.4, -0.2) is 29.1 Å². The van der Waals surface area contributed by atoms with Crippen molar-refractivity contribution in [1.82, 2.24) is 4.90 Å². The highest BCUT2D eigenvalue weighted by atomic mass is 35.5. The molecule has 86 valence electrons. The Bertz CT molecular complexity index is 379. The topological polar surface area (TPSA) is 20.3 Å². The Balaban J connectivity index is 1.88. The monoisotopic (exact) mass is 255 g/mol. The van der Waals surface area contributed by atoms with Gasteiger partial charge < -0.3 is 4.90 Å². The molecule has 1 aromatic rings. The van der Waals surface area contributed by atoms with Crippen molar-refractivity contribution in [2.45, 2.75) is 18.1 Å². The summed E-state index contributed by atoms with van der Waals surface area (Å²) in [5.41, 5.74) is 1.21. The minimum atomic E-state index is 0.206. The van der Waals surface area contributed by atoms with Crippen LogP contribution in [0.4, 0.5) is 0 Å². The molecule has 1 aromatic carbocycles. The molecule has 16 heavy (non-hydrogen) atoms. The molecule has 0 saturated carbocycles. The number of halogens is 1. The second-order valence-electron chi connectivity index (χ2n) is 4.07. The van der Waals surface area contributed by atoms with Gasteiger partial charge in [0.05, 0.1) is 0 Å². The lowest BCUT2D eigenvalue weighted by atomic mass is 10.1. The zero-order chi connectivity index (χ0) is 11.5. The van der Waals surface area contributed by atoms with Crippen LogP contribution in [-0.2, 0) is 11.2 Å². The number of hydrogen-bond acceptors (Lipinski definition) is 2. The fourth-order valence-corrected chi connectivity index (χ4v) is 2.36. The van der Waals surface area contributed by atoms with Crippen LogP contribution in [0.1, 0.15) is 12.0 Å². The van der Waals surface area contributed by atoms with Crippen molar-refractivity contribution < 1.29 is 4.79 Å². The molecule has 2 rings (SSSR count). The molecule has 0 spiro atoms. The summed E-state index contributed by atoms with van der Waals surface area (Å²) in [7, 11) is 0. The highest BCUT2D eigenvalue weighted by Crippen LogP contribution is 2.17. The molecule has 0 aromatic heterocycles. The fourth-order valence-electron chi connectivity index (χ4n) is 1.88. The molecule has 1 aliphatic rings. The van der Waals surface area contributed by atoms with Gasteiger partial charge in [-0.3, -0.25) is 4.79 Å². The molecular formula is C12H14ClNOS. The maximum atomic E-state index is 11.5. The van der Waals surface area contributed by atoms with Crippen LogP contribution in [0.25, 0.3) is 0 Å². The number of hydrogen-bond donors (Lipinski definition) is 1. The maximum absolute atomic E-state index is 11.5. The minimum absolute atomic E-state index is 0.206. The van der Waals surface area contributed by atoms with E-state index in [-0.39, 0.29) is 11.2 Å². The Morgan fingerprint density at radius 2 is 2.06 bits per heavy atom. The van der Waals surface area contributed by atoms with Crippen LogP contribution < -0.4 is 0 Å². The number of thiol groups is 1. The number of carbonyl (C=O) groups is 1. The molecule has 0 radical (unpaired) electrons. The molecule has 1 amide bonds. The molecule has 1 atom stereocenters. The van der Waals surface area contributed by atoms with Crippen molar-refractivity contribution in [2.75, 3.05) is 13.1 Å². The second kappa shape index (κ2) is 5.11. The normalized spacial score (nSPS) is 20.5. The van der Waals surface area contributed by atoms with Crippen molar-refractivity contribution >= 4 is 30.1 Å². The summed E-state index contributed by atoms with van der Waals surface area (Å²) in [5.74, 6) is 0.217. The Labute approximate surface area is 106 Å². The van der Waals surface area contributed by atoms with E-state index >= 15 is 0 Å². The zero-order valence-electron chi connectivity index (χ0n) is 8.90. The molecule has 1 heterocycles. The molecule has 2 nitrogen and oxygen atoms in total. The summed E-state index contributed by atoms with van der Waals surface area (Å²) >= 11 is 10.1.